The second-order valence-corrected chi connectivity index (χ2v) is 7.24. The smallest absolute Gasteiger partial charge is 0.341 e. The van der Waals surface area contributed by atoms with Crippen molar-refractivity contribution < 1.29 is 23.9 Å². The van der Waals surface area contributed by atoms with Gasteiger partial charge in [-0.3, -0.25) is 9.59 Å². The molecule has 1 N–H and O–H groups in total. The van der Waals surface area contributed by atoms with E-state index in [1.54, 1.807) is 6.92 Å². The monoisotopic (exact) mass is 351 g/mol. The number of thiophene rings is 1. The van der Waals surface area contributed by atoms with Crippen LogP contribution < -0.4 is 5.32 Å². The highest BCUT2D eigenvalue weighted by Crippen LogP contribution is 2.46. The topological polar surface area (TPSA) is 81.7 Å². The van der Waals surface area contributed by atoms with Crippen LogP contribution in [0.4, 0.5) is 5.00 Å². The molecule has 2 saturated carbocycles. The lowest BCUT2D eigenvalue weighted by molar-refractivity contribution is -0.148. The SMILES string of the molecule is CCOC(=O)c1c(C2CC2)csc1NC(=O)COC(=O)[C@H]1C[C@H]1C. The molecule has 0 bridgehead atoms. The molecule has 1 aromatic rings. The van der Waals surface area contributed by atoms with Crippen molar-refractivity contribution in [1.29, 1.82) is 0 Å². The van der Waals surface area contributed by atoms with Crippen LogP contribution in [0.2, 0.25) is 0 Å². The van der Waals surface area contributed by atoms with Crippen molar-refractivity contribution in [3.8, 4) is 0 Å². The van der Waals surface area contributed by atoms with Crippen molar-refractivity contribution >= 4 is 34.2 Å². The predicted octanol–water partition coefficient (Wildman–Crippen LogP) is 2.94. The molecule has 130 valence electrons. The van der Waals surface area contributed by atoms with Crippen molar-refractivity contribution in [2.24, 2.45) is 11.8 Å². The molecule has 2 aliphatic carbocycles. The van der Waals surface area contributed by atoms with Crippen LogP contribution in [0.5, 0.6) is 0 Å². The van der Waals surface area contributed by atoms with Crippen LogP contribution in [-0.4, -0.2) is 31.1 Å². The van der Waals surface area contributed by atoms with E-state index >= 15 is 0 Å². The first-order chi connectivity index (χ1) is 11.5. The Morgan fingerprint density at radius 1 is 1.29 bits per heavy atom. The number of amides is 1. The van der Waals surface area contributed by atoms with Gasteiger partial charge in [-0.15, -0.1) is 11.3 Å². The predicted molar refractivity (Wildman–Crippen MR) is 89.1 cm³/mol. The normalized spacial score (nSPS) is 21.9. The number of hydrogen-bond acceptors (Lipinski definition) is 6. The average Bonchev–Trinajstić information content (AvgIpc) is 3.46. The summed E-state index contributed by atoms with van der Waals surface area (Å²) < 4.78 is 10.1. The fourth-order valence-electron chi connectivity index (χ4n) is 2.63. The summed E-state index contributed by atoms with van der Waals surface area (Å²) in [5.74, 6) is -0.537. The Morgan fingerprint density at radius 3 is 2.58 bits per heavy atom. The summed E-state index contributed by atoms with van der Waals surface area (Å²) >= 11 is 1.31. The van der Waals surface area contributed by atoms with Crippen LogP contribution >= 0.6 is 11.3 Å². The zero-order chi connectivity index (χ0) is 17.3. The molecule has 7 heteroatoms. The summed E-state index contributed by atoms with van der Waals surface area (Å²) in [7, 11) is 0. The summed E-state index contributed by atoms with van der Waals surface area (Å²) in [5.41, 5.74) is 1.39. The van der Waals surface area contributed by atoms with Gasteiger partial charge in [0.25, 0.3) is 5.91 Å². The summed E-state index contributed by atoms with van der Waals surface area (Å²) in [6.07, 6.45) is 2.92. The van der Waals surface area contributed by atoms with Crippen molar-refractivity contribution in [2.45, 2.75) is 39.0 Å². The number of nitrogens with one attached hydrogen (secondary N) is 1. The number of esters is 2. The molecular formula is C17H21NO5S. The Morgan fingerprint density at radius 2 is 2.00 bits per heavy atom. The Bertz CT molecular complexity index is 664. The molecule has 0 unspecified atom stereocenters. The Hall–Kier alpha value is -1.89. The molecule has 0 spiro atoms. The van der Waals surface area contributed by atoms with E-state index in [-0.39, 0.29) is 25.1 Å². The Balaban J connectivity index is 1.62. The quantitative estimate of drug-likeness (QED) is 0.764. The van der Waals surface area contributed by atoms with Crippen molar-refractivity contribution in [2.75, 3.05) is 18.5 Å². The molecule has 0 saturated heterocycles. The molecule has 2 fully saturated rings. The molecule has 1 amide bonds. The lowest BCUT2D eigenvalue weighted by atomic mass is 10.1. The summed E-state index contributed by atoms with van der Waals surface area (Å²) in [5, 5.41) is 5.05. The fraction of sp³-hybridized carbons (Fsp3) is 0.588. The zero-order valence-electron chi connectivity index (χ0n) is 13.8. The number of ether oxygens (including phenoxy) is 2. The van der Waals surface area contributed by atoms with Crippen LogP contribution in [0, 0.1) is 11.8 Å². The molecule has 24 heavy (non-hydrogen) atoms. The van der Waals surface area contributed by atoms with Gasteiger partial charge in [0, 0.05) is 0 Å². The third-order valence-electron chi connectivity index (χ3n) is 4.33. The van der Waals surface area contributed by atoms with Gasteiger partial charge in [-0.2, -0.15) is 0 Å². The van der Waals surface area contributed by atoms with Gasteiger partial charge >= 0.3 is 11.9 Å². The number of anilines is 1. The fourth-order valence-corrected chi connectivity index (χ4v) is 3.68. The third-order valence-corrected chi connectivity index (χ3v) is 5.24. The van der Waals surface area contributed by atoms with Gasteiger partial charge in [-0.05, 0) is 49.0 Å². The molecule has 0 aromatic carbocycles. The van der Waals surface area contributed by atoms with Crippen molar-refractivity contribution in [3.05, 3.63) is 16.5 Å². The summed E-state index contributed by atoms with van der Waals surface area (Å²) in [4.78, 5) is 35.9. The van der Waals surface area contributed by atoms with Gasteiger partial charge in [0.1, 0.15) is 5.00 Å². The lowest BCUT2D eigenvalue weighted by Gasteiger charge is -2.08. The first kappa shape index (κ1) is 17.0. The van der Waals surface area contributed by atoms with E-state index in [0.29, 0.717) is 22.4 Å². The minimum absolute atomic E-state index is 0.0731. The molecule has 0 radical (unpaired) electrons. The second-order valence-electron chi connectivity index (χ2n) is 6.37. The van der Waals surface area contributed by atoms with Gasteiger partial charge in [-0.25, -0.2) is 4.79 Å². The summed E-state index contributed by atoms with van der Waals surface area (Å²) in [6.45, 7) is 3.67. The molecule has 3 rings (SSSR count). The Kier molecular flexibility index (Phi) is 4.89. The first-order valence-electron chi connectivity index (χ1n) is 8.26. The van der Waals surface area contributed by atoms with Crippen LogP contribution in [0.3, 0.4) is 0 Å². The third kappa shape index (κ3) is 3.77. The van der Waals surface area contributed by atoms with Gasteiger partial charge in [-0.1, -0.05) is 6.92 Å². The largest absolute Gasteiger partial charge is 0.462 e. The first-order valence-corrected chi connectivity index (χ1v) is 9.14. The van der Waals surface area contributed by atoms with E-state index in [1.807, 2.05) is 12.3 Å². The molecular weight excluding hydrogens is 330 g/mol. The van der Waals surface area contributed by atoms with Gasteiger partial charge < -0.3 is 14.8 Å². The van der Waals surface area contributed by atoms with Crippen LogP contribution in [0.1, 0.15) is 54.9 Å². The number of hydrogen-bond donors (Lipinski definition) is 1. The van der Waals surface area contributed by atoms with E-state index < -0.39 is 11.9 Å². The highest BCUT2D eigenvalue weighted by molar-refractivity contribution is 7.15. The number of rotatable bonds is 7. The van der Waals surface area contributed by atoms with E-state index in [0.717, 1.165) is 24.8 Å². The van der Waals surface area contributed by atoms with E-state index in [1.165, 1.54) is 11.3 Å². The minimum atomic E-state index is -0.439. The molecule has 1 aromatic heterocycles. The minimum Gasteiger partial charge on any atom is -0.462 e. The zero-order valence-corrected chi connectivity index (χ0v) is 14.6. The molecule has 2 atom stereocenters. The average molecular weight is 351 g/mol. The maximum Gasteiger partial charge on any atom is 0.341 e. The molecule has 0 aliphatic heterocycles. The number of carbonyl (C=O) groups excluding carboxylic acids is 3. The standard InChI is InChI=1S/C17H21NO5S/c1-3-22-17(21)14-12(10-4-5-10)8-24-15(14)18-13(19)7-23-16(20)11-6-9(11)2/h8-11H,3-7H2,1-2H3,(H,18,19)/t9-,11+/m1/s1. The van der Waals surface area contributed by atoms with Crippen molar-refractivity contribution in [3.63, 3.8) is 0 Å². The molecule has 1 heterocycles. The lowest BCUT2D eigenvalue weighted by Crippen LogP contribution is -2.22. The molecule has 2 aliphatic rings. The van der Waals surface area contributed by atoms with Gasteiger partial charge in [0.2, 0.25) is 0 Å². The maximum atomic E-state index is 12.2. The highest BCUT2D eigenvalue weighted by Gasteiger charge is 2.40. The van der Waals surface area contributed by atoms with Gasteiger partial charge in [0.15, 0.2) is 6.61 Å². The Labute approximate surface area is 144 Å². The van der Waals surface area contributed by atoms with E-state index in [2.05, 4.69) is 5.32 Å². The van der Waals surface area contributed by atoms with E-state index in [9.17, 15) is 14.4 Å². The number of carbonyl (C=O) groups is 3. The highest BCUT2D eigenvalue weighted by atomic mass is 32.1. The summed E-state index contributed by atoms with van der Waals surface area (Å²) in [6, 6.07) is 0. The van der Waals surface area contributed by atoms with E-state index in [4.69, 9.17) is 9.47 Å². The second kappa shape index (κ2) is 6.93. The van der Waals surface area contributed by atoms with Crippen LogP contribution in [-0.2, 0) is 19.1 Å². The van der Waals surface area contributed by atoms with Crippen molar-refractivity contribution in [1.82, 2.24) is 0 Å². The van der Waals surface area contributed by atoms with Gasteiger partial charge in [0.05, 0.1) is 18.1 Å². The molecule has 6 nitrogen and oxygen atoms in total. The maximum absolute atomic E-state index is 12.2. The van der Waals surface area contributed by atoms with Crippen LogP contribution in [0.25, 0.3) is 0 Å². The van der Waals surface area contributed by atoms with Crippen LogP contribution in [0.15, 0.2) is 5.38 Å².